The number of ether oxygens (including phenoxy) is 1. The van der Waals surface area contributed by atoms with Crippen LogP contribution in [0.1, 0.15) is 31.4 Å². The van der Waals surface area contributed by atoms with E-state index in [1.807, 2.05) is 45.9 Å². The molecule has 1 unspecified atom stereocenters. The van der Waals surface area contributed by atoms with Crippen molar-refractivity contribution in [1.29, 1.82) is 0 Å². The van der Waals surface area contributed by atoms with Gasteiger partial charge in [0.2, 0.25) is 10.0 Å². The highest BCUT2D eigenvalue weighted by atomic mass is 32.2. The molecule has 0 aliphatic carbocycles. The van der Waals surface area contributed by atoms with Crippen molar-refractivity contribution < 1.29 is 17.9 Å². The summed E-state index contributed by atoms with van der Waals surface area (Å²) in [5.41, 5.74) is 3.08. The van der Waals surface area contributed by atoms with Gasteiger partial charge in [0.25, 0.3) is 5.91 Å². The van der Waals surface area contributed by atoms with Gasteiger partial charge in [0.05, 0.1) is 4.90 Å². The van der Waals surface area contributed by atoms with Gasteiger partial charge in [-0.2, -0.15) is 0 Å². The summed E-state index contributed by atoms with van der Waals surface area (Å²) in [5, 5.41) is 0. The molecule has 7 heteroatoms. The number of likely N-dealkylation sites (N-methyl/N-ethyl adjacent to an activating group) is 1. The summed E-state index contributed by atoms with van der Waals surface area (Å²) in [5.74, 6) is 0.239. The van der Waals surface area contributed by atoms with Crippen LogP contribution in [-0.4, -0.2) is 34.0 Å². The van der Waals surface area contributed by atoms with E-state index in [0.717, 1.165) is 11.3 Å². The van der Waals surface area contributed by atoms with Gasteiger partial charge in [0, 0.05) is 18.8 Å². The Hall–Kier alpha value is -2.38. The fourth-order valence-electron chi connectivity index (χ4n) is 2.45. The van der Waals surface area contributed by atoms with Crippen LogP contribution in [0, 0.1) is 13.8 Å². The highest BCUT2D eigenvalue weighted by Gasteiger charge is 2.17. The third kappa shape index (κ3) is 5.56. The molecule has 0 bridgehead atoms. The SMILES string of the molecule is CCC(C)NS(=O)(=O)c1ccc(OCC(=O)N(C)c2ccc(C)c(C)c2)cc1. The van der Waals surface area contributed by atoms with E-state index >= 15 is 0 Å². The number of aryl methyl sites for hydroxylation is 2. The average molecular weight is 405 g/mol. The summed E-state index contributed by atoms with van der Waals surface area (Å²) in [4.78, 5) is 14.1. The van der Waals surface area contributed by atoms with Crippen molar-refractivity contribution in [3.8, 4) is 5.75 Å². The molecule has 0 aliphatic heterocycles. The molecule has 28 heavy (non-hydrogen) atoms. The zero-order valence-corrected chi connectivity index (χ0v) is 17.8. The molecule has 0 aromatic heterocycles. The van der Waals surface area contributed by atoms with Crippen LogP contribution in [0.4, 0.5) is 5.69 Å². The van der Waals surface area contributed by atoms with Gasteiger partial charge in [0.1, 0.15) is 5.75 Å². The standard InChI is InChI=1S/C21H28N2O4S/c1-6-17(4)22-28(25,26)20-11-9-19(10-12-20)27-14-21(24)23(5)18-8-7-15(2)16(3)13-18/h7-13,17,22H,6,14H2,1-5H3. The first-order chi connectivity index (χ1) is 13.1. The summed E-state index contributed by atoms with van der Waals surface area (Å²) < 4.78 is 32.7. The van der Waals surface area contributed by atoms with Crippen molar-refractivity contribution in [3.05, 3.63) is 53.6 Å². The van der Waals surface area contributed by atoms with Crippen LogP contribution in [0.25, 0.3) is 0 Å². The second-order valence-corrected chi connectivity index (χ2v) is 8.63. The van der Waals surface area contributed by atoms with Gasteiger partial charge in [-0.25, -0.2) is 13.1 Å². The van der Waals surface area contributed by atoms with Gasteiger partial charge < -0.3 is 9.64 Å². The van der Waals surface area contributed by atoms with Crippen molar-refractivity contribution in [2.45, 2.75) is 45.1 Å². The van der Waals surface area contributed by atoms with Crippen LogP contribution in [0.3, 0.4) is 0 Å². The van der Waals surface area contributed by atoms with Gasteiger partial charge in [-0.15, -0.1) is 0 Å². The number of benzene rings is 2. The summed E-state index contributed by atoms with van der Waals surface area (Å²) in [6, 6.07) is 11.7. The second kappa shape index (κ2) is 9.21. The van der Waals surface area contributed by atoms with Gasteiger partial charge >= 0.3 is 0 Å². The number of anilines is 1. The van der Waals surface area contributed by atoms with E-state index in [2.05, 4.69) is 4.72 Å². The predicted octanol–water partition coefficient (Wildman–Crippen LogP) is 3.42. The van der Waals surface area contributed by atoms with Crippen LogP contribution in [-0.2, 0) is 14.8 Å². The summed E-state index contributed by atoms with van der Waals surface area (Å²) in [6.07, 6.45) is 0.705. The molecule has 0 fully saturated rings. The Bertz CT molecular complexity index is 924. The quantitative estimate of drug-likeness (QED) is 0.731. The van der Waals surface area contributed by atoms with E-state index in [1.54, 1.807) is 24.1 Å². The molecule has 0 spiro atoms. The molecule has 2 aromatic rings. The molecule has 152 valence electrons. The Balaban J connectivity index is 1.99. The molecular formula is C21H28N2O4S. The topological polar surface area (TPSA) is 75.7 Å². The number of carbonyl (C=O) groups excluding carboxylic acids is 1. The van der Waals surface area contributed by atoms with Crippen molar-refractivity contribution in [3.63, 3.8) is 0 Å². The molecule has 0 heterocycles. The maximum Gasteiger partial charge on any atom is 0.264 e. The number of hydrogen-bond acceptors (Lipinski definition) is 4. The smallest absolute Gasteiger partial charge is 0.264 e. The minimum absolute atomic E-state index is 0.138. The summed E-state index contributed by atoms with van der Waals surface area (Å²) >= 11 is 0. The number of nitrogens with one attached hydrogen (secondary N) is 1. The highest BCUT2D eigenvalue weighted by molar-refractivity contribution is 7.89. The van der Waals surface area contributed by atoms with Crippen molar-refractivity contribution in [2.24, 2.45) is 0 Å². The van der Waals surface area contributed by atoms with Crippen LogP contribution in [0.2, 0.25) is 0 Å². The van der Waals surface area contributed by atoms with Gasteiger partial charge in [0.15, 0.2) is 6.61 Å². The monoisotopic (exact) mass is 404 g/mol. The first kappa shape index (κ1) is 21.9. The van der Waals surface area contributed by atoms with E-state index < -0.39 is 10.0 Å². The largest absolute Gasteiger partial charge is 0.484 e. The lowest BCUT2D eigenvalue weighted by Gasteiger charge is -2.19. The Morgan fingerprint density at radius 2 is 1.75 bits per heavy atom. The number of rotatable bonds is 8. The summed E-state index contributed by atoms with van der Waals surface area (Å²) in [6.45, 7) is 7.61. The van der Waals surface area contributed by atoms with E-state index in [4.69, 9.17) is 4.74 Å². The van der Waals surface area contributed by atoms with Gasteiger partial charge in [-0.3, -0.25) is 4.79 Å². The fourth-order valence-corrected chi connectivity index (χ4v) is 3.78. The second-order valence-electron chi connectivity index (χ2n) is 6.91. The molecular weight excluding hydrogens is 376 g/mol. The molecule has 1 N–H and O–H groups in total. The highest BCUT2D eigenvalue weighted by Crippen LogP contribution is 2.19. The van der Waals surface area contributed by atoms with Crippen LogP contribution < -0.4 is 14.4 Å². The third-order valence-corrected chi connectivity index (χ3v) is 6.32. The van der Waals surface area contributed by atoms with E-state index in [9.17, 15) is 13.2 Å². The third-order valence-electron chi connectivity index (χ3n) is 4.72. The molecule has 0 aliphatic rings. The minimum atomic E-state index is -3.56. The van der Waals surface area contributed by atoms with E-state index in [1.165, 1.54) is 17.7 Å². The average Bonchev–Trinajstić information content (AvgIpc) is 2.67. The Morgan fingerprint density at radius 1 is 1.11 bits per heavy atom. The molecule has 1 amide bonds. The van der Waals surface area contributed by atoms with Crippen molar-refractivity contribution in [2.75, 3.05) is 18.6 Å². The summed E-state index contributed by atoms with van der Waals surface area (Å²) in [7, 11) is -1.86. The maximum atomic E-state index is 12.4. The van der Waals surface area contributed by atoms with Crippen LogP contribution >= 0.6 is 0 Å². The lowest BCUT2D eigenvalue weighted by molar-refractivity contribution is -0.120. The first-order valence-corrected chi connectivity index (χ1v) is 10.7. The molecule has 0 radical (unpaired) electrons. The van der Waals surface area contributed by atoms with Crippen LogP contribution in [0.15, 0.2) is 47.4 Å². The Morgan fingerprint density at radius 3 is 2.32 bits per heavy atom. The lowest BCUT2D eigenvalue weighted by atomic mass is 10.1. The van der Waals surface area contributed by atoms with Crippen LogP contribution in [0.5, 0.6) is 5.75 Å². The number of hydrogen-bond donors (Lipinski definition) is 1. The first-order valence-electron chi connectivity index (χ1n) is 9.23. The zero-order valence-electron chi connectivity index (χ0n) is 17.0. The lowest BCUT2D eigenvalue weighted by Crippen LogP contribution is -2.32. The molecule has 2 rings (SSSR count). The Kier molecular flexibility index (Phi) is 7.21. The molecule has 2 aromatic carbocycles. The molecule has 0 saturated carbocycles. The van der Waals surface area contributed by atoms with Crippen molar-refractivity contribution in [1.82, 2.24) is 4.72 Å². The zero-order chi connectivity index (χ0) is 20.9. The predicted molar refractivity (Wildman–Crippen MR) is 111 cm³/mol. The fraction of sp³-hybridized carbons (Fsp3) is 0.381. The number of nitrogens with zero attached hydrogens (tertiary/aromatic N) is 1. The number of carbonyl (C=O) groups is 1. The number of amides is 1. The van der Waals surface area contributed by atoms with E-state index in [-0.39, 0.29) is 23.5 Å². The van der Waals surface area contributed by atoms with Crippen molar-refractivity contribution >= 4 is 21.6 Å². The molecule has 0 saturated heterocycles. The normalized spacial score (nSPS) is 12.5. The van der Waals surface area contributed by atoms with E-state index in [0.29, 0.717) is 12.2 Å². The molecule has 6 nitrogen and oxygen atoms in total. The maximum absolute atomic E-state index is 12.4. The number of sulfonamides is 1. The van der Waals surface area contributed by atoms with Gasteiger partial charge in [-0.1, -0.05) is 13.0 Å². The molecule has 1 atom stereocenters. The minimum Gasteiger partial charge on any atom is -0.484 e. The Labute approximate surface area is 167 Å². The van der Waals surface area contributed by atoms with Gasteiger partial charge in [-0.05, 0) is 74.7 Å².